The second kappa shape index (κ2) is 8.38. The Morgan fingerprint density at radius 3 is 2.65 bits per heavy atom. The molecule has 0 radical (unpaired) electrons. The van der Waals surface area contributed by atoms with Crippen LogP contribution in [0.1, 0.15) is 13.3 Å². The van der Waals surface area contributed by atoms with Crippen LogP contribution in [0.2, 0.25) is 0 Å². The van der Waals surface area contributed by atoms with Crippen LogP contribution >= 0.6 is 0 Å². The normalized spacial score (nSPS) is 16.4. The van der Waals surface area contributed by atoms with Crippen LogP contribution in [-0.4, -0.2) is 31.6 Å². The Morgan fingerprint density at radius 1 is 1.15 bits per heavy atom. The third kappa shape index (κ3) is 4.33. The minimum atomic E-state index is -0.303. The number of rotatable bonds is 6. The predicted octanol–water partition coefficient (Wildman–Crippen LogP) is 3.26. The first kappa shape index (κ1) is 17.8. The van der Waals surface area contributed by atoms with Gasteiger partial charge in [-0.15, -0.1) is 0 Å². The topological polar surface area (TPSA) is 70.7 Å². The van der Waals surface area contributed by atoms with Crippen molar-refractivity contribution in [1.82, 2.24) is 5.32 Å². The first-order valence-corrected chi connectivity index (χ1v) is 8.79. The number of anilines is 2. The minimum absolute atomic E-state index is 0.0881. The lowest BCUT2D eigenvalue weighted by atomic mass is 10.1. The number of amides is 3. The van der Waals surface area contributed by atoms with E-state index in [1.54, 1.807) is 11.0 Å². The average Bonchev–Trinajstić information content (AvgIpc) is 3.03. The number of nitrogens with one attached hydrogen (secondary N) is 2. The van der Waals surface area contributed by atoms with Gasteiger partial charge < -0.3 is 20.3 Å². The highest BCUT2D eigenvalue weighted by Crippen LogP contribution is 2.25. The van der Waals surface area contributed by atoms with E-state index in [2.05, 4.69) is 10.6 Å². The van der Waals surface area contributed by atoms with Gasteiger partial charge in [0.15, 0.2) is 0 Å². The van der Waals surface area contributed by atoms with Gasteiger partial charge in [-0.05, 0) is 31.2 Å². The van der Waals surface area contributed by atoms with Crippen LogP contribution in [0.25, 0.3) is 0 Å². The molecule has 0 aliphatic carbocycles. The first-order valence-electron chi connectivity index (χ1n) is 8.79. The maximum Gasteiger partial charge on any atom is 0.319 e. The molecule has 0 bridgehead atoms. The van der Waals surface area contributed by atoms with E-state index in [0.29, 0.717) is 37.6 Å². The fourth-order valence-corrected chi connectivity index (χ4v) is 3.03. The Kier molecular flexibility index (Phi) is 5.73. The number of nitrogens with zero attached hydrogens (tertiary/aromatic N) is 1. The molecule has 1 aliphatic rings. The molecule has 0 spiro atoms. The number of ether oxygens (including phenoxy) is 1. The molecule has 6 heteroatoms. The highest BCUT2D eigenvalue weighted by atomic mass is 16.5. The van der Waals surface area contributed by atoms with E-state index in [1.165, 1.54) is 0 Å². The molecule has 0 saturated carbocycles. The Morgan fingerprint density at radius 2 is 1.88 bits per heavy atom. The Hall–Kier alpha value is -3.02. The highest BCUT2D eigenvalue weighted by Gasteiger charge is 2.30. The van der Waals surface area contributed by atoms with Crippen molar-refractivity contribution >= 4 is 23.3 Å². The summed E-state index contributed by atoms with van der Waals surface area (Å²) in [6.45, 7) is 3.47. The molecule has 2 aromatic carbocycles. The summed E-state index contributed by atoms with van der Waals surface area (Å²) in [5.74, 6) is 0.817. The smallest absolute Gasteiger partial charge is 0.319 e. The van der Waals surface area contributed by atoms with E-state index in [1.807, 2.05) is 55.5 Å². The number of hydrogen-bond acceptors (Lipinski definition) is 3. The summed E-state index contributed by atoms with van der Waals surface area (Å²) < 4.78 is 5.50. The summed E-state index contributed by atoms with van der Waals surface area (Å²) in [7, 11) is 0. The zero-order valence-corrected chi connectivity index (χ0v) is 14.8. The van der Waals surface area contributed by atoms with Gasteiger partial charge in [0, 0.05) is 31.1 Å². The Bertz CT molecular complexity index is 764. The van der Waals surface area contributed by atoms with Gasteiger partial charge in [0.25, 0.3) is 0 Å². The van der Waals surface area contributed by atoms with Crippen LogP contribution in [0.15, 0.2) is 54.6 Å². The van der Waals surface area contributed by atoms with Crippen LogP contribution in [0.5, 0.6) is 5.75 Å². The fourth-order valence-electron chi connectivity index (χ4n) is 3.03. The van der Waals surface area contributed by atoms with Gasteiger partial charge >= 0.3 is 6.03 Å². The van der Waals surface area contributed by atoms with Crippen molar-refractivity contribution in [2.45, 2.75) is 13.3 Å². The van der Waals surface area contributed by atoms with Gasteiger partial charge in [-0.1, -0.05) is 30.3 Å². The van der Waals surface area contributed by atoms with Gasteiger partial charge in [0.05, 0.1) is 12.3 Å². The third-order valence-electron chi connectivity index (χ3n) is 4.26. The number of hydrogen-bond donors (Lipinski definition) is 2. The van der Waals surface area contributed by atoms with E-state index < -0.39 is 0 Å². The van der Waals surface area contributed by atoms with E-state index in [-0.39, 0.29) is 17.9 Å². The molecule has 1 saturated heterocycles. The predicted molar refractivity (Wildman–Crippen MR) is 102 cm³/mol. The van der Waals surface area contributed by atoms with Crippen LogP contribution < -0.4 is 20.3 Å². The molecule has 136 valence electrons. The SMILES string of the molecule is CCOc1ccccc1NC(=O)NCC1CC(=O)N(c2ccccc2)C1. The summed E-state index contributed by atoms with van der Waals surface area (Å²) in [6, 6.07) is 16.6. The number of carbonyl (C=O) groups excluding carboxylic acids is 2. The lowest BCUT2D eigenvalue weighted by molar-refractivity contribution is -0.117. The van der Waals surface area contributed by atoms with Crippen LogP contribution in [0.4, 0.5) is 16.2 Å². The van der Waals surface area contributed by atoms with Crippen molar-refractivity contribution in [3.05, 3.63) is 54.6 Å². The first-order chi connectivity index (χ1) is 12.7. The molecular formula is C20H23N3O3. The summed E-state index contributed by atoms with van der Waals surface area (Å²) in [6.07, 6.45) is 0.435. The van der Waals surface area contributed by atoms with E-state index in [9.17, 15) is 9.59 Å². The second-order valence-corrected chi connectivity index (χ2v) is 6.17. The third-order valence-corrected chi connectivity index (χ3v) is 4.26. The summed E-state index contributed by atoms with van der Waals surface area (Å²) in [5, 5.41) is 5.65. The molecule has 3 amide bonds. The molecule has 1 unspecified atom stereocenters. The molecule has 1 heterocycles. The molecule has 1 aliphatic heterocycles. The van der Waals surface area contributed by atoms with E-state index in [4.69, 9.17) is 4.74 Å². The molecule has 6 nitrogen and oxygen atoms in total. The zero-order chi connectivity index (χ0) is 18.4. The molecule has 1 fully saturated rings. The maximum absolute atomic E-state index is 12.2. The number of para-hydroxylation sites is 3. The monoisotopic (exact) mass is 353 g/mol. The second-order valence-electron chi connectivity index (χ2n) is 6.17. The van der Waals surface area contributed by atoms with Crippen molar-refractivity contribution in [3.63, 3.8) is 0 Å². The lowest BCUT2D eigenvalue weighted by Crippen LogP contribution is -2.34. The molecule has 1 atom stereocenters. The van der Waals surface area contributed by atoms with Crippen LogP contribution in [0.3, 0.4) is 0 Å². The van der Waals surface area contributed by atoms with Crippen LogP contribution in [0, 0.1) is 5.92 Å². The standard InChI is InChI=1S/C20H23N3O3/c1-2-26-18-11-7-6-10-17(18)22-20(25)21-13-15-12-19(24)23(14-15)16-8-4-3-5-9-16/h3-11,15H,2,12-14H2,1H3,(H2,21,22,25). The quantitative estimate of drug-likeness (QED) is 0.837. The Labute approximate surface area is 153 Å². The van der Waals surface area contributed by atoms with Gasteiger partial charge in [-0.2, -0.15) is 0 Å². The van der Waals surface area contributed by atoms with E-state index >= 15 is 0 Å². The zero-order valence-electron chi connectivity index (χ0n) is 14.8. The summed E-state index contributed by atoms with van der Waals surface area (Å²) >= 11 is 0. The van der Waals surface area contributed by atoms with Gasteiger partial charge in [-0.3, -0.25) is 4.79 Å². The lowest BCUT2D eigenvalue weighted by Gasteiger charge is -2.17. The minimum Gasteiger partial charge on any atom is -0.492 e. The van der Waals surface area contributed by atoms with Gasteiger partial charge in [-0.25, -0.2) is 4.79 Å². The van der Waals surface area contributed by atoms with Crippen molar-refractivity contribution in [1.29, 1.82) is 0 Å². The summed E-state index contributed by atoms with van der Waals surface area (Å²) in [4.78, 5) is 26.2. The van der Waals surface area contributed by atoms with Gasteiger partial charge in [0.2, 0.25) is 5.91 Å². The molecule has 3 rings (SSSR count). The average molecular weight is 353 g/mol. The molecule has 0 aromatic heterocycles. The van der Waals surface area contributed by atoms with Crippen molar-refractivity contribution in [2.24, 2.45) is 5.92 Å². The van der Waals surface area contributed by atoms with Gasteiger partial charge in [0.1, 0.15) is 5.75 Å². The molecule has 26 heavy (non-hydrogen) atoms. The molecular weight excluding hydrogens is 330 g/mol. The fraction of sp³-hybridized carbons (Fsp3) is 0.300. The van der Waals surface area contributed by atoms with Crippen LogP contribution in [-0.2, 0) is 4.79 Å². The highest BCUT2D eigenvalue weighted by molar-refractivity contribution is 5.96. The van der Waals surface area contributed by atoms with Crippen molar-refractivity contribution < 1.29 is 14.3 Å². The number of urea groups is 1. The Balaban J connectivity index is 1.52. The number of benzene rings is 2. The number of carbonyl (C=O) groups is 2. The van der Waals surface area contributed by atoms with Crippen molar-refractivity contribution in [3.8, 4) is 5.75 Å². The van der Waals surface area contributed by atoms with Crippen molar-refractivity contribution in [2.75, 3.05) is 29.9 Å². The van der Waals surface area contributed by atoms with E-state index in [0.717, 1.165) is 5.69 Å². The maximum atomic E-state index is 12.2. The molecule has 2 aromatic rings. The summed E-state index contributed by atoms with van der Waals surface area (Å²) in [5.41, 5.74) is 1.52. The molecule has 2 N–H and O–H groups in total. The largest absolute Gasteiger partial charge is 0.492 e.